The second kappa shape index (κ2) is 6.20. The summed E-state index contributed by atoms with van der Waals surface area (Å²) in [7, 11) is 6.18. The third kappa shape index (κ3) is 9.66. The molecule has 61 valence electrons. The van der Waals surface area contributed by atoms with Crippen molar-refractivity contribution in [2.45, 2.75) is 35.6 Å². The fourth-order valence-electron chi connectivity index (χ4n) is 0.991. The molecule has 0 saturated heterocycles. The van der Waals surface area contributed by atoms with Crippen molar-refractivity contribution in [1.82, 2.24) is 0 Å². The molecule has 0 rings (SSSR count). The summed E-state index contributed by atoms with van der Waals surface area (Å²) in [6.07, 6.45) is 0. The Hall–Kier alpha value is 1.66. The molecule has 1 atom stereocenters. The van der Waals surface area contributed by atoms with Crippen LogP contribution in [0.5, 0.6) is 0 Å². The summed E-state index contributed by atoms with van der Waals surface area (Å²) >= 11 is -1.63. The maximum absolute atomic E-state index is 6.18. The Morgan fingerprint density at radius 1 is 1.30 bits per heavy atom. The van der Waals surface area contributed by atoms with E-state index in [-0.39, 0.29) is 9.90 Å². The monoisotopic (exact) mass is 371 g/mol. The van der Waals surface area contributed by atoms with Crippen LogP contribution in [0.25, 0.3) is 0 Å². The van der Waals surface area contributed by atoms with Crippen LogP contribution >= 0.6 is 18.1 Å². The summed E-state index contributed by atoms with van der Waals surface area (Å²) < 4.78 is 2.66. The molecule has 0 N–H and O–H groups in total. The molecule has 0 amide bonds. The molecule has 0 aromatic heterocycles. The summed E-state index contributed by atoms with van der Waals surface area (Å²) in [5, 5.41) is 0. The third-order valence-corrected chi connectivity index (χ3v) is 18.7. The molecular weight excluding hydrogens is 351 g/mol. The van der Waals surface area contributed by atoms with Crippen LogP contribution < -0.4 is 0 Å². The van der Waals surface area contributed by atoms with Crippen LogP contribution in [-0.4, -0.2) is 0 Å². The molecule has 0 aliphatic rings. The van der Waals surface area contributed by atoms with Gasteiger partial charge in [0.05, 0.1) is 0 Å². The van der Waals surface area contributed by atoms with E-state index in [1.165, 1.54) is 7.86 Å². The minimum atomic E-state index is -1.63. The van der Waals surface area contributed by atoms with E-state index in [4.69, 9.17) is 8.25 Å². The smallest absolute Gasteiger partial charge is 0.153 e. The van der Waals surface area contributed by atoms with Gasteiger partial charge in [-0.15, -0.1) is 0 Å². The molecule has 0 aromatic rings. The minimum Gasteiger partial charge on any atom is -0.153 e. The molecule has 10 heavy (non-hydrogen) atoms. The quantitative estimate of drug-likeness (QED) is 0.514. The van der Waals surface area contributed by atoms with Crippen LogP contribution in [0.3, 0.4) is 0 Å². The topological polar surface area (TPSA) is 0 Å². The van der Waals surface area contributed by atoms with Crippen molar-refractivity contribution >= 4 is 18.1 Å². The molecule has 0 aromatic carbocycles. The Bertz CT molecular complexity index is 80.2. The molecule has 0 saturated carbocycles. The van der Waals surface area contributed by atoms with E-state index in [0.717, 1.165) is 0 Å². The zero-order valence-electron chi connectivity index (χ0n) is 7.71. The van der Waals surface area contributed by atoms with Gasteiger partial charge in [0, 0.05) is 0 Å². The van der Waals surface area contributed by atoms with Crippen molar-refractivity contribution in [3.8, 4) is 0 Å². The Morgan fingerprint density at radius 3 is 1.80 bits per heavy atom. The van der Waals surface area contributed by atoms with Crippen molar-refractivity contribution in [3.63, 3.8) is 0 Å². The number of hydrogen-bond acceptors (Lipinski definition) is 0. The first-order chi connectivity index (χ1) is 3.95. The molecule has 0 fully saturated rings. The third-order valence-electron chi connectivity index (χ3n) is 1.56. The van der Waals surface area contributed by atoms with Crippen LogP contribution in [-0.2, 0) is 21.8 Å². The van der Waals surface area contributed by atoms with Crippen molar-refractivity contribution in [3.05, 3.63) is 0 Å². The second-order valence-electron chi connectivity index (χ2n) is 4.04. The first-order valence-electron chi connectivity index (χ1n) is 3.83. The van der Waals surface area contributed by atoms with Crippen molar-refractivity contribution in [1.29, 1.82) is 0 Å². The molecule has 0 aliphatic heterocycles. The van der Waals surface area contributed by atoms with Gasteiger partial charge in [0.1, 0.15) is 0 Å². The van der Waals surface area contributed by atoms with Gasteiger partial charge < -0.3 is 0 Å². The van der Waals surface area contributed by atoms with Crippen LogP contribution in [0.4, 0.5) is 0 Å². The average molecular weight is 370 g/mol. The number of hydrogen-bond donors (Lipinski definition) is 0. The van der Waals surface area contributed by atoms with Crippen LogP contribution in [0.2, 0.25) is 7.86 Å². The summed E-state index contributed by atoms with van der Waals surface area (Å²) in [5.41, 5.74) is 0.494. The van der Waals surface area contributed by atoms with Gasteiger partial charge >= 0.3 is 71.0 Å². The van der Waals surface area contributed by atoms with Gasteiger partial charge in [0.2, 0.25) is 0 Å². The Morgan fingerprint density at radius 2 is 1.70 bits per heavy atom. The number of rotatable bonds is 2. The van der Waals surface area contributed by atoms with E-state index < -0.39 is 21.8 Å². The maximum Gasteiger partial charge on any atom is -0.153 e. The summed E-state index contributed by atoms with van der Waals surface area (Å²) in [5.74, 6) is 0. The normalized spacial score (nSPS) is 10.5. The predicted molar refractivity (Wildman–Crippen MR) is 51.7 cm³/mol. The standard InChI is InChI=1S/C5H11.C2H5.ClH.Hg.H3P/c1-5(2,3)4;1-2;;;/h1H2,2-4H3;1H2,2H3;1H;;1H3/q;;;+1;/p-1. The molecule has 0 spiro atoms. The summed E-state index contributed by atoms with van der Waals surface area (Å²) in [4.78, 5) is 0. The second-order valence-corrected chi connectivity index (χ2v) is 22.2. The Balaban J connectivity index is 0. The van der Waals surface area contributed by atoms with E-state index in [0.29, 0.717) is 5.41 Å². The zero-order chi connectivity index (χ0) is 7.49. The molecule has 0 nitrogen and oxygen atoms in total. The molecule has 0 aliphatic carbocycles. The summed E-state index contributed by atoms with van der Waals surface area (Å²) in [6, 6.07) is 0. The Labute approximate surface area is 80.4 Å². The molecular formula is C7H19ClHgP. The van der Waals surface area contributed by atoms with Gasteiger partial charge in [-0.3, -0.25) is 0 Å². The average Bonchev–Trinajstić information content (AvgIpc) is 1.62. The predicted octanol–water partition coefficient (Wildman–Crippen LogP) is 3.72. The van der Waals surface area contributed by atoms with Gasteiger partial charge in [0.15, 0.2) is 0 Å². The van der Waals surface area contributed by atoms with Crippen molar-refractivity contribution in [2.75, 3.05) is 0 Å². The van der Waals surface area contributed by atoms with E-state index in [9.17, 15) is 0 Å². The van der Waals surface area contributed by atoms with Gasteiger partial charge in [-0.25, -0.2) is 0 Å². The fourth-order valence-corrected chi connectivity index (χ4v) is 13.7. The molecule has 0 radical (unpaired) electrons. The molecule has 0 heterocycles. The first kappa shape index (κ1) is 14.2. The van der Waals surface area contributed by atoms with Crippen molar-refractivity contribution < 1.29 is 21.8 Å². The van der Waals surface area contributed by atoms with Gasteiger partial charge in [-0.2, -0.15) is 9.90 Å². The van der Waals surface area contributed by atoms with Crippen LogP contribution in [0.15, 0.2) is 0 Å². The SMILES string of the molecule is C[CH2][Hg]([Cl])[CH2]C(C)(C)C.P. The maximum atomic E-state index is 6.18. The van der Waals surface area contributed by atoms with E-state index >= 15 is 0 Å². The minimum absolute atomic E-state index is 0. The molecule has 0 bridgehead atoms. The molecule has 3 heteroatoms. The van der Waals surface area contributed by atoms with Crippen LogP contribution in [0, 0.1) is 5.41 Å². The van der Waals surface area contributed by atoms with E-state index in [2.05, 4.69) is 27.7 Å². The molecule has 1 unspecified atom stereocenters. The van der Waals surface area contributed by atoms with Crippen LogP contribution in [0.1, 0.15) is 27.7 Å². The van der Waals surface area contributed by atoms with E-state index in [1.54, 1.807) is 0 Å². The van der Waals surface area contributed by atoms with Crippen molar-refractivity contribution in [2.24, 2.45) is 5.41 Å². The van der Waals surface area contributed by atoms with Gasteiger partial charge in [-0.1, -0.05) is 0 Å². The zero-order valence-corrected chi connectivity index (χ0v) is 15.4. The Kier molecular flexibility index (Phi) is 8.80. The largest absolute Gasteiger partial charge is 0.153 e. The fraction of sp³-hybridized carbons (Fsp3) is 1.00. The first-order valence-corrected chi connectivity index (χ1v) is 18.4. The number of halogens is 1. The van der Waals surface area contributed by atoms with E-state index in [1.807, 2.05) is 0 Å². The summed E-state index contributed by atoms with van der Waals surface area (Å²) in [6.45, 7) is 9.07. The van der Waals surface area contributed by atoms with Gasteiger partial charge in [0.25, 0.3) is 0 Å². The van der Waals surface area contributed by atoms with Gasteiger partial charge in [-0.05, 0) is 0 Å².